The molecule has 2 aromatic rings. The zero-order chi connectivity index (χ0) is 14.8. The molecular formula is C16H22N4O. The average molecular weight is 286 g/mol. The lowest BCUT2D eigenvalue weighted by Gasteiger charge is -2.31. The number of aryl methyl sites for hydroxylation is 1. The smallest absolute Gasteiger partial charge is 0.231 e. The molecule has 5 heteroatoms. The number of primary amides is 1. The monoisotopic (exact) mass is 286 g/mol. The quantitative estimate of drug-likeness (QED) is 0.927. The van der Waals surface area contributed by atoms with E-state index in [1.54, 1.807) is 0 Å². The fourth-order valence-corrected chi connectivity index (χ4v) is 3.23. The molecule has 2 heterocycles. The van der Waals surface area contributed by atoms with Gasteiger partial charge in [-0.15, -0.1) is 0 Å². The van der Waals surface area contributed by atoms with Crippen LogP contribution >= 0.6 is 0 Å². The van der Waals surface area contributed by atoms with Gasteiger partial charge in [0.2, 0.25) is 5.91 Å². The Kier molecular flexibility index (Phi) is 3.92. The predicted molar refractivity (Wildman–Crippen MR) is 82.8 cm³/mol. The molecule has 112 valence electrons. The minimum atomic E-state index is -0.232. The fraction of sp³-hybridized carbons (Fsp3) is 0.500. The normalized spacial score (nSPS) is 17.4. The largest absolute Gasteiger partial charge is 0.369 e. The number of rotatable bonds is 4. The van der Waals surface area contributed by atoms with E-state index in [0.717, 1.165) is 43.8 Å². The van der Waals surface area contributed by atoms with Crippen LogP contribution in [-0.2, 0) is 11.3 Å². The Balaban J connectivity index is 1.67. The van der Waals surface area contributed by atoms with Gasteiger partial charge >= 0.3 is 0 Å². The van der Waals surface area contributed by atoms with E-state index in [-0.39, 0.29) is 5.91 Å². The predicted octanol–water partition coefficient (Wildman–Crippen LogP) is 1.54. The Bertz CT molecular complexity index is 641. The Morgan fingerprint density at radius 3 is 2.76 bits per heavy atom. The highest BCUT2D eigenvalue weighted by molar-refractivity contribution is 5.76. The van der Waals surface area contributed by atoms with Crippen LogP contribution < -0.4 is 5.73 Å². The number of piperidine rings is 1. The van der Waals surface area contributed by atoms with Gasteiger partial charge in [0.1, 0.15) is 5.82 Å². The zero-order valence-electron chi connectivity index (χ0n) is 12.5. The van der Waals surface area contributed by atoms with Crippen LogP contribution in [0.2, 0.25) is 0 Å². The summed E-state index contributed by atoms with van der Waals surface area (Å²) >= 11 is 0. The van der Waals surface area contributed by atoms with Crippen LogP contribution in [0.3, 0.4) is 0 Å². The lowest BCUT2D eigenvalue weighted by molar-refractivity contribution is -0.119. The molecule has 1 saturated heterocycles. The maximum absolute atomic E-state index is 11.0. The molecule has 0 spiro atoms. The topological polar surface area (TPSA) is 64.2 Å². The van der Waals surface area contributed by atoms with Gasteiger partial charge in [0.15, 0.2) is 0 Å². The van der Waals surface area contributed by atoms with Crippen LogP contribution in [0.25, 0.3) is 11.0 Å². The van der Waals surface area contributed by atoms with Crippen LogP contribution in [0.4, 0.5) is 0 Å². The van der Waals surface area contributed by atoms with E-state index in [1.807, 2.05) is 6.07 Å². The summed E-state index contributed by atoms with van der Waals surface area (Å²) in [6.07, 6.45) is 2.22. The van der Waals surface area contributed by atoms with Crippen LogP contribution in [0.5, 0.6) is 0 Å². The number of nitrogens with two attached hydrogens (primary N) is 1. The number of fused-ring (bicyclic) bond motifs is 1. The van der Waals surface area contributed by atoms with E-state index in [9.17, 15) is 4.79 Å². The highest BCUT2D eigenvalue weighted by atomic mass is 16.1. The zero-order valence-corrected chi connectivity index (χ0v) is 12.5. The number of carbonyl (C=O) groups excluding carboxylic acids is 1. The second kappa shape index (κ2) is 5.85. The van der Waals surface area contributed by atoms with E-state index in [4.69, 9.17) is 5.73 Å². The van der Waals surface area contributed by atoms with Gasteiger partial charge in [0.05, 0.1) is 17.6 Å². The maximum atomic E-state index is 11.0. The number of aromatic nitrogens is 2. The second-order valence-corrected chi connectivity index (χ2v) is 5.94. The Hall–Kier alpha value is -1.88. The van der Waals surface area contributed by atoms with Gasteiger partial charge in [0.25, 0.3) is 0 Å². The molecule has 0 radical (unpaired) electrons. The van der Waals surface area contributed by atoms with Crippen molar-refractivity contribution < 1.29 is 4.79 Å². The van der Waals surface area contributed by atoms with Crippen molar-refractivity contribution in [2.45, 2.75) is 26.3 Å². The third-order valence-electron chi connectivity index (χ3n) is 4.37. The standard InChI is InChI=1S/C16H22N4O/c1-12-18-14-4-2-3-5-15(14)20(12)10-13-6-8-19(9-7-13)11-16(17)21/h2-5,13H,6-11H2,1H3,(H2,17,21). The number of amides is 1. The molecule has 1 aliphatic rings. The lowest BCUT2D eigenvalue weighted by atomic mass is 9.96. The number of imidazole rings is 1. The molecule has 0 saturated carbocycles. The molecule has 0 aliphatic carbocycles. The van der Waals surface area contributed by atoms with Crippen LogP contribution in [0.15, 0.2) is 24.3 Å². The van der Waals surface area contributed by atoms with E-state index >= 15 is 0 Å². The summed E-state index contributed by atoms with van der Waals surface area (Å²) in [5, 5.41) is 0. The van der Waals surface area contributed by atoms with Crippen molar-refractivity contribution in [1.29, 1.82) is 0 Å². The molecule has 0 unspecified atom stereocenters. The summed E-state index contributed by atoms with van der Waals surface area (Å²) in [6, 6.07) is 8.29. The van der Waals surface area contributed by atoms with E-state index in [1.165, 1.54) is 5.52 Å². The maximum Gasteiger partial charge on any atom is 0.231 e. The molecule has 0 atom stereocenters. The molecule has 1 aromatic carbocycles. The van der Waals surface area contributed by atoms with Crippen LogP contribution in [-0.4, -0.2) is 40.0 Å². The molecule has 1 aliphatic heterocycles. The summed E-state index contributed by atoms with van der Waals surface area (Å²) in [6.45, 7) is 5.39. The molecule has 5 nitrogen and oxygen atoms in total. The molecule has 1 amide bonds. The number of hydrogen-bond acceptors (Lipinski definition) is 3. The number of nitrogens with zero attached hydrogens (tertiary/aromatic N) is 3. The minimum absolute atomic E-state index is 0.232. The Morgan fingerprint density at radius 2 is 2.05 bits per heavy atom. The van der Waals surface area contributed by atoms with Gasteiger partial charge < -0.3 is 10.3 Å². The van der Waals surface area contributed by atoms with Crippen molar-refractivity contribution in [1.82, 2.24) is 14.5 Å². The van der Waals surface area contributed by atoms with Gasteiger partial charge in [0, 0.05) is 6.54 Å². The van der Waals surface area contributed by atoms with Crippen LogP contribution in [0.1, 0.15) is 18.7 Å². The molecule has 2 N–H and O–H groups in total. The summed E-state index contributed by atoms with van der Waals surface area (Å²) in [7, 11) is 0. The van der Waals surface area contributed by atoms with Crippen molar-refractivity contribution in [3.8, 4) is 0 Å². The number of carbonyl (C=O) groups is 1. The second-order valence-electron chi connectivity index (χ2n) is 5.94. The first-order valence-electron chi connectivity index (χ1n) is 7.56. The van der Waals surface area contributed by atoms with Gasteiger partial charge in [-0.05, 0) is 50.9 Å². The minimum Gasteiger partial charge on any atom is -0.369 e. The first-order valence-corrected chi connectivity index (χ1v) is 7.56. The summed E-state index contributed by atoms with van der Waals surface area (Å²) in [4.78, 5) is 17.7. The van der Waals surface area contributed by atoms with E-state index in [0.29, 0.717) is 12.5 Å². The Labute approximate surface area is 124 Å². The SMILES string of the molecule is Cc1nc2ccccc2n1CC1CCN(CC(N)=O)CC1. The highest BCUT2D eigenvalue weighted by Crippen LogP contribution is 2.23. The van der Waals surface area contributed by atoms with Crippen molar-refractivity contribution in [2.24, 2.45) is 11.7 Å². The van der Waals surface area contributed by atoms with Gasteiger partial charge in [-0.2, -0.15) is 0 Å². The van der Waals surface area contributed by atoms with Gasteiger partial charge in [-0.3, -0.25) is 9.69 Å². The summed E-state index contributed by atoms with van der Waals surface area (Å²) in [5.41, 5.74) is 7.54. The number of likely N-dealkylation sites (tertiary alicyclic amines) is 1. The number of para-hydroxylation sites is 2. The van der Waals surface area contributed by atoms with Gasteiger partial charge in [-0.25, -0.2) is 4.98 Å². The van der Waals surface area contributed by atoms with E-state index < -0.39 is 0 Å². The molecule has 1 aromatic heterocycles. The average Bonchev–Trinajstić information content (AvgIpc) is 2.77. The first-order chi connectivity index (χ1) is 10.1. The molecular weight excluding hydrogens is 264 g/mol. The summed E-state index contributed by atoms with van der Waals surface area (Å²) in [5.74, 6) is 1.49. The third-order valence-corrected chi connectivity index (χ3v) is 4.37. The number of hydrogen-bond donors (Lipinski definition) is 1. The van der Waals surface area contributed by atoms with Gasteiger partial charge in [-0.1, -0.05) is 12.1 Å². The molecule has 3 rings (SSSR count). The third kappa shape index (κ3) is 3.08. The van der Waals surface area contributed by atoms with Crippen molar-refractivity contribution in [2.75, 3.05) is 19.6 Å². The molecule has 21 heavy (non-hydrogen) atoms. The number of benzene rings is 1. The lowest BCUT2D eigenvalue weighted by Crippen LogP contribution is -2.40. The molecule has 1 fully saturated rings. The van der Waals surface area contributed by atoms with Crippen molar-refractivity contribution in [3.63, 3.8) is 0 Å². The highest BCUT2D eigenvalue weighted by Gasteiger charge is 2.21. The van der Waals surface area contributed by atoms with Crippen molar-refractivity contribution >= 4 is 16.9 Å². The van der Waals surface area contributed by atoms with E-state index in [2.05, 4.69) is 39.6 Å². The molecule has 0 bridgehead atoms. The first kappa shape index (κ1) is 14.1. The van der Waals surface area contributed by atoms with Crippen LogP contribution in [0, 0.1) is 12.8 Å². The Morgan fingerprint density at radius 1 is 1.33 bits per heavy atom. The summed E-state index contributed by atoms with van der Waals surface area (Å²) < 4.78 is 2.32. The van der Waals surface area contributed by atoms with Crippen molar-refractivity contribution in [3.05, 3.63) is 30.1 Å². The fourth-order valence-electron chi connectivity index (χ4n) is 3.23.